The molecule has 5 aromatic rings. The molecule has 1 aliphatic heterocycles. The Balaban J connectivity index is 1.57. The lowest BCUT2D eigenvalue weighted by atomic mass is 9.73. The topological polar surface area (TPSA) is 49.2 Å². The summed E-state index contributed by atoms with van der Waals surface area (Å²) in [4.78, 5) is 12.2. The van der Waals surface area contributed by atoms with Gasteiger partial charge >= 0.3 is 0 Å². The van der Waals surface area contributed by atoms with E-state index in [1.54, 1.807) is 0 Å². The van der Waals surface area contributed by atoms with Gasteiger partial charge in [0.2, 0.25) is 0 Å². The molecule has 1 aliphatic rings. The highest BCUT2D eigenvalue weighted by Crippen LogP contribution is 2.52. The summed E-state index contributed by atoms with van der Waals surface area (Å²) in [5.41, 5.74) is 9.19. The summed E-state index contributed by atoms with van der Waals surface area (Å²) in [6.07, 6.45) is 1.92. The van der Waals surface area contributed by atoms with Gasteiger partial charge in [0.1, 0.15) is 17.1 Å². The molecule has 40 heavy (non-hydrogen) atoms. The summed E-state index contributed by atoms with van der Waals surface area (Å²) in [6.45, 7) is 15.5. The lowest BCUT2D eigenvalue weighted by molar-refractivity contribution is 0.470. The lowest BCUT2D eigenvalue weighted by Gasteiger charge is -2.42. The van der Waals surface area contributed by atoms with Gasteiger partial charge in [-0.2, -0.15) is 0 Å². The maximum atomic E-state index is 11.1. The number of aromatic nitrogens is 2. The van der Waals surface area contributed by atoms with Crippen LogP contribution in [0.4, 0.5) is 17.2 Å². The highest BCUT2D eigenvalue weighted by molar-refractivity contribution is 5.90. The first-order chi connectivity index (χ1) is 19.0. The van der Waals surface area contributed by atoms with Crippen LogP contribution in [0.15, 0.2) is 85.1 Å². The number of nitrogens with zero attached hydrogens (tertiary/aromatic N) is 3. The molecule has 4 heteroatoms. The maximum absolute atomic E-state index is 11.1. The number of fused-ring (bicyclic) bond motifs is 3. The van der Waals surface area contributed by atoms with Crippen molar-refractivity contribution in [1.29, 1.82) is 0 Å². The minimum atomic E-state index is -0.191. The number of anilines is 3. The van der Waals surface area contributed by atoms with E-state index in [4.69, 9.17) is 9.97 Å². The molecule has 202 valence electrons. The fourth-order valence-corrected chi connectivity index (χ4v) is 5.95. The molecule has 0 fully saturated rings. The van der Waals surface area contributed by atoms with Crippen molar-refractivity contribution in [3.8, 4) is 17.0 Å². The molecule has 0 bridgehead atoms. The monoisotopic (exact) mass is 527 g/mol. The third-order valence-electron chi connectivity index (χ3n) is 8.36. The average Bonchev–Trinajstić information content (AvgIpc) is 2.92. The summed E-state index contributed by atoms with van der Waals surface area (Å²) in [5.74, 6) is 1.39. The lowest BCUT2D eigenvalue weighted by Crippen LogP contribution is -2.31. The molecule has 0 radical (unpaired) electrons. The third kappa shape index (κ3) is 4.14. The Morgan fingerprint density at radius 1 is 0.825 bits per heavy atom. The molecule has 1 N–H and O–H groups in total. The minimum absolute atomic E-state index is 0.00278. The van der Waals surface area contributed by atoms with Crippen molar-refractivity contribution < 1.29 is 5.11 Å². The Hall–Kier alpha value is -4.18. The van der Waals surface area contributed by atoms with Gasteiger partial charge in [-0.15, -0.1) is 0 Å². The van der Waals surface area contributed by atoms with Gasteiger partial charge in [0, 0.05) is 22.6 Å². The van der Waals surface area contributed by atoms with Crippen molar-refractivity contribution in [3.05, 3.63) is 107 Å². The number of pyridine rings is 2. The van der Waals surface area contributed by atoms with E-state index in [0.29, 0.717) is 5.52 Å². The number of phenols is 1. The summed E-state index contributed by atoms with van der Waals surface area (Å²) in [5, 5.41) is 12.0. The van der Waals surface area contributed by atoms with Gasteiger partial charge in [0.15, 0.2) is 0 Å². The predicted molar refractivity (Wildman–Crippen MR) is 166 cm³/mol. The summed E-state index contributed by atoms with van der Waals surface area (Å²) in [7, 11) is 0. The highest BCUT2D eigenvalue weighted by Gasteiger charge is 2.37. The maximum Gasteiger partial charge on any atom is 0.145 e. The largest absolute Gasteiger partial charge is 0.505 e. The molecule has 4 nitrogen and oxygen atoms in total. The van der Waals surface area contributed by atoms with Crippen LogP contribution in [-0.4, -0.2) is 15.1 Å². The number of benzene rings is 3. The molecule has 0 amide bonds. The number of rotatable bonds is 3. The van der Waals surface area contributed by atoms with Gasteiger partial charge < -0.3 is 5.11 Å². The van der Waals surface area contributed by atoms with Gasteiger partial charge in [-0.25, -0.2) is 9.97 Å². The zero-order chi connectivity index (χ0) is 28.4. The van der Waals surface area contributed by atoms with Crippen LogP contribution < -0.4 is 4.90 Å². The second-order valence-electron chi connectivity index (χ2n) is 12.8. The minimum Gasteiger partial charge on any atom is -0.505 e. The van der Waals surface area contributed by atoms with E-state index >= 15 is 0 Å². The zero-order valence-corrected chi connectivity index (χ0v) is 24.4. The van der Waals surface area contributed by atoms with Crippen LogP contribution in [0.2, 0.25) is 0 Å². The summed E-state index contributed by atoms with van der Waals surface area (Å²) < 4.78 is 0. The summed E-state index contributed by atoms with van der Waals surface area (Å²) in [6, 6.07) is 27.7. The van der Waals surface area contributed by atoms with Crippen LogP contribution >= 0.6 is 0 Å². The fraction of sp³-hybridized carbons (Fsp3) is 0.278. The van der Waals surface area contributed by atoms with Crippen LogP contribution in [0.25, 0.3) is 22.2 Å². The number of hydrogen-bond acceptors (Lipinski definition) is 4. The number of aromatic hydroxyl groups is 1. The highest BCUT2D eigenvalue weighted by atomic mass is 16.3. The first-order valence-electron chi connectivity index (χ1n) is 14.1. The molecule has 0 saturated carbocycles. The second kappa shape index (κ2) is 9.19. The van der Waals surface area contributed by atoms with E-state index in [2.05, 4.69) is 108 Å². The van der Waals surface area contributed by atoms with Crippen molar-refractivity contribution in [2.24, 2.45) is 0 Å². The molecule has 0 spiro atoms. The zero-order valence-electron chi connectivity index (χ0n) is 24.4. The third-order valence-corrected chi connectivity index (χ3v) is 8.36. The van der Waals surface area contributed by atoms with Crippen molar-refractivity contribution in [2.75, 3.05) is 4.90 Å². The van der Waals surface area contributed by atoms with Crippen molar-refractivity contribution in [1.82, 2.24) is 9.97 Å². The van der Waals surface area contributed by atoms with E-state index in [1.165, 1.54) is 16.7 Å². The van der Waals surface area contributed by atoms with Gasteiger partial charge in [-0.1, -0.05) is 97.0 Å². The van der Waals surface area contributed by atoms with E-state index in [0.717, 1.165) is 39.4 Å². The Morgan fingerprint density at radius 3 is 2.30 bits per heavy atom. The van der Waals surface area contributed by atoms with Crippen LogP contribution in [-0.2, 0) is 10.8 Å². The van der Waals surface area contributed by atoms with Gasteiger partial charge in [-0.3, -0.25) is 4.90 Å². The Morgan fingerprint density at radius 2 is 1.55 bits per heavy atom. The van der Waals surface area contributed by atoms with E-state index < -0.39 is 0 Å². The standard InChI is InChI=1S/C36H37N3O/c1-22(2)26-15-12-23-14-17-29(38-33(23)34(26)40)24-13-16-28-31(20-24)39(30-11-9-8-10-27(30)36(28,6)7)32-21-25(18-19-37-32)35(3,4)5/h8-22,40H,1-7H3. The molecular weight excluding hydrogens is 490 g/mol. The van der Waals surface area contributed by atoms with Crippen molar-refractivity contribution in [2.45, 2.75) is 65.2 Å². The van der Waals surface area contributed by atoms with E-state index in [9.17, 15) is 5.11 Å². The first-order valence-corrected chi connectivity index (χ1v) is 14.1. The molecular formula is C36H37N3O. The predicted octanol–water partition coefficient (Wildman–Crippen LogP) is 9.53. The Bertz CT molecular complexity index is 1760. The van der Waals surface area contributed by atoms with Crippen LogP contribution in [0.1, 0.15) is 76.6 Å². The Kier molecular flexibility index (Phi) is 5.99. The van der Waals surface area contributed by atoms with Crippen LogP contribution in [0, 0.1) is 0 Å². The molecule has 2 aromatic heterocycles. The molecule has 0 atom stereocenters. The fourth-order valence-electron chi connectivity index (χ4n) is 5.95. The number of para-hydroxylation sites is 1. The molecule has 3 heterocycles. The SMILES string of the molecule is CC(C)c1ccc2ccc(-c3ccc4c(c3)N(c3cc(C(C)(C)C)ccn3)c3ccccc3C4(C)C)nc2c1O. The quantitative estimate of drug-likeness (QED) is 0.254. The number of phenolic OH excluding ortho intramolecular Hbond substituents is 1. The average molecular weight is 528 g/mol. The van der Waals surface area contributed by atoms with Crippen LogP contribution in [0.3, 0.4) is 0 Å². The summed E-state index contributed by atoms with van der Waals surface area (Å²) >= 11 is 0. The normalized spacial score (nSPS) is 14.3. The molecule has 0 unspecified atom stereocenters. The van der Waals surface area contributed by atoms with Crippen LogP contribution in [0.5, 0.6) is 5.75 Å². The van der Waals surface area contributed by atoms with Crippen molar-refractivity contribution >= 4 is 28.1 Å². The molecule has 0 aliphatic carbocycles. The van der Waals surface area contributed by atoms with Gasteiger partial charge in [-0.05, 0) is 63.9 Å². The smallest absolute Gasteiger partial charge is 0.145 e. The second-order valence-corrected chi connectivity index (χ2v) is 12.8. The van der Waals surface area contributed by atoms with E-state index in [1.807, 2.05) is 30.5 Å². The van der Waals surface area contributed by atoms with Gasteiger partial charge in [0.05, 0.1) is 17.1 Å². The van der Waals surface area contributed by atoms with Gasteiger partial charge in [0.25, 0.3) is 0 Å². The molecule has 3 aromatic carbocycles. The molecule has 0 saturated heterocycles. The Labute approximate surface area is 237 Å². The van der Waals surface area contributed by atoms with Crippen molar-refractivity contribution in [3.63, 3.8) is 0 Å². The van der Waals surface area contributed by atoms with E-state index in [-0.39, 0.29) is 22.5 Å². The first kappa shape index (κ1) is 26.1. The molecule has 6 rings (SSSR count). The number of hydrogen-bond donors (Lipinski definition) is 1.